The number of carbonyl (C=O) groups is 1. The predicted octanol–water partition coefficient (Wildman–Crippen LogP) is 2.58. The Morgan fingerprint density at radius 2 is 1.48 bits per heavy atom. The smallest absolute Gasteiger partial charge is 0.452 e. The van der Waals surface area contributed by atoms with E-state index in [0.29, 0.717) is 11.3 Å². The molecule has 0 amide bonds. The highest BCUT2D eigenvalue weighted by Gasteiger charge is 2.53. The maximum absolute atomic E-state index is 12.3. The molecular formula is C17H23BO5. The summed E-state index contributed by atoms with van der Waals surface area (Å²) in [5.74, 6) is -0.925. The largest absolute Gasteiger partial charge is 0.498 e. The second-order valence-electron chi connectivity index (χ2n) is 7.71. The third-order valence-electron chi connectivity index (χ3n) is 4.68. The van der Waals surface area contributed by atoms with Gasteiger partial charge >= 0.3 is 13.1 Å². The lowest BCUT2D eigenvalue weighted by atomic mass is 9.76. The monoisotopic (exact) mass is 318 g/mol. The van der Waals surface area contributed by atoms with Crippen LogP contribution in [0.5, 0.6) is 5.75 Å². The molecule has 23 heavy (non-hydrogen) atoms. The van der Waals surface area contributed by atoms with Gasteiger partial charge in [0.2, 0.25) is 5.79 Å². The number of ether oxygens (including phenoxy) is 2. The fourth-order valence-electron chi connectivity index (χ4n) is 2.76. The van der Waals surface area contributed by atoms with Gasteiger partial charge in [0.25, 0.3) is 0 Å². The van der Waals surface area contributed by atoms with Crippen molar-refractivity contribution in [2.45, 2.75) is 65.5 Å². The first-order valence-electron chi connectivity index (χ1n) is 7.84. The minimum atomic E-state index is -1.02. The number of cyclic esters (lactones) is 1. The molecule has 2 heterocycles. The molecule has 0 atom stereocenters. The molecule has 0 saturated carbocycles. The van der Waals surface area contributed by atoms with E-state index in [2.05, 4.69) is 0 Å². The van der Waals surface area contributed by atoms with Gasteiger partial charge in [-0.2, -0.15) is 0 Å². The maximum Gasteiger partial charge on any atom is 0.498 e. The average molecular weight is 318 g/mol. The number of fused-ring (bicyclic) bond motifs is 1. The number of benzene rings is 1. The minimum Gasteiger partial charge on any atom is -0.452 e. The van der Waals surface area contributed by atoms with Gasteiger partial charge in [0.1, 0.15) is 11.3 Å². The standard InChI is InChI=1S/C17H23BO5/c1-10-8-11-13(20-17(6,7)21-14(11)19)12(9-10)18-22-15(2,3)16(4,5)23-18/h8-9H,1-7H3. The second kappa shape index (κ2) is 4.74. The van der Waals surface area contributed by atoms with Crippen molar-refractivity contribution in [1.82, 2.24) is 0 Å². The van der Waals surface area contributed by atoms with Gasteiger partial charge in [-0.05, 0) is 40.7 Å². The van der Waals surface area contributed by atoms with Crippen molar-refractivity contribution < 1.29 is 23.6 Å². The summed E-state index contributed by atoms with van der Waals surface area (Å²) in [6, 6.07) is 3.71. The van der Waals surface area contributed by atoms with Crippen LogP contribution in [-0.4, -0.2) is 30.1 Å². The van der Waals surface area contributed by atoms with Gasteiger partial charge in [-0.1, -0.05) is 11.6 Å². The van der Waals surface area contributed by atoms with E-state index in [9.17, 15) is 4.79 Å². The van der Waals surface area contributed by atoms with Gasteiger partial charge in [-0.3, -0.25) is 0 Å². The van der Waals surface area contributed by atoms with Crippen LogP contribution in [0.2, 0.25) is 0 Å². The Morgan fingerprint density at radius 1 is 0.913 bits per heavy atom. The normalized spacial score (nSPS) is 24.0. The molecule has 0 spiro atoms. The molecule has 1 saturated heterocycles. The molecule has 0 unspecified atom stereocenters. The van der Waals surface area contributed by atoms with Crippen LogP contribution in [0.1, 0.15) is 57.5 Å². The van der Waals surface area contributed by atoms with Crippen LogP contribution in [-0.2, 0) is 14.0 Å². The van der Waals surface area contributed by atoms with Gasteiger partial charge < -0.3 is 18.8 Å². The van der Waals surface area contributed by atoms with Crippen molar-refractivity contribution in [3.05, 3.63) is 23.3 Å². The van der Waals surface area contributed by atoms with Crippen LogP contribution in [0.4, 0.5) is 0 Å². The van der Waals surface area contributed by atoms with Crippen molar-refractivity contribution in [2.24, 2.45) is 0 Å². The Morgan fingerprint density at radius 3 is 2.04 bits per heavy atom. The molecule has 1 aromatic carbocycles. The van der Waals surface area contributed by atoms with Crippen molar-refractivity contribution in [2.75, 3.05) is 0 Å². The van der Waals surface area contributed by atoms with Gasteiger partial charge in [0, 0.05) is 19.3 Å². The molecule has 3 rings (SSSR count). The summed E-state index contributed by atoms with van der Waals surface area (Å²) in [7, 11) is -0.588. The Labute approximate surface area is 137 Å². The lowest BCUT2D eigenvalue weighted by Crippen LogP contribution is -2.44. The molecule has 0 aliphatic carbocycles. The first-order valence-corrected chi connectivity index (χ1v) is 7.84. The molecule has 2 aliphatic rings. The highest BCUT2D eigenvalue weighted by atomic mass is 16.7. The van der Waals surface area contributed by atoms with Crippen LogP contribution >= 0.6 is 0 Å². The predicted molar refractivity (Wildman–Crippen MR) is 87.0 cm³/mol. The van der Waals surface area contributed by atoms with Crippen molar-refractivity contribution in [1.29, 1.82) is 0 Å². The summed E-state index contributed by atoms with van der Waals surface area (Å²) in [4.78, 5) is 12.3. The van der Waals surface area contributed by atoms with Crippen LogP contribution in [0.25, 0.3) is 0 Å². The van der Waals surface area contributed by atoms with Gasteiger partial charge in [-0.25, -0.2) is 4.79 Å². The average Bonchev–Trinajstić information content (AvgIpc) is 2.58. The van der Waals surface area contributed by atoms with E-state index in [1.165, 1.54) is 0 Å². The summed E-state index contributed by atoms with van der Waals surface area (Å²) in [5.41, 5.74) is 1.14. The minimum absolute atomic E-state index is 0.391. The SMILES string of the molecule is Cc1cc(B2OC(C)(C)C(C)(C)O2)c2c(c1)C(=O)OC(C)(C)O2. The highest BCUT2D eigenvalue weighted by Crippen LogP contribution is 2.39. The zero-order valence-electron chi connectivity index (χ0n) is 14.8. The summed E-state index contributed by atoms with van der Waals surface area (Å²) in [6.07, 6.45) is 0. The molecule has 0 radical (unpaired) electrons. The fraction of sp³-hybridized carbons (Fsp3) is 0.588. The summed E-state index contributed by atoms with van der Waals surface area (Å²) in [5, 5.41) is 0. The van der Waals surface area contributed by atoms with E-state index in [1.54, 1.807) is 19.9 Å². The molecular weight excluding hydrogens is 295 g/mol. The Kier molecular flexibility index (Phi) is 3.37. The van der Waals surface area contributed by atoms with E-state index in [4.69, 9.17) is 18.8 Å². The van der Waals surface area contributed by atoms with E-state index in [1.807, 2.05) is 40.7 Å². The van der Waals surface area contributed by atoms with E-state index in [0.717, 1.165) is 11.0 Å². The molecule has 1 fully saturated rings. The molecule has 0 aromatic heterocycles. The van der Waals surface area contributed by atoms with Crippen LogP contribution in [0.15, 0.2) is 12.1 Å². The first-order chi connectivity index (χ1) is 10.4. The van der Waals surface area contributed by atoms with Crippen molar-refractivity contribution in [3.8, 4) is 5.75 Å². The van der Waals surface area contributed by atoms with E-state index in [-0.39, 0.29) is 0 Å². The van der Waals surface area contributed by atoms with E-state index < -0.39 is 30.1 Å². The molecule has 6 heteroatoms. The Hall–Kier alpha value is -1.53. The molecule has 124 valence electrons. The molecule has 5 nitrogen and oxygen atoms in total. The quantitative estimate of drug-likeness (QED) is 0.588. The third kappa shape index (κ3) is 2.64. The van der Waals surface area contributed by atoms with Crippen molar-refractivity contribution in [3.63, 3.8) is 0 Å². The van der Waals surface area contributed by atoms with Crippen LogP contribution in [0, 0.1) is 6.92 Å². The Balaban J connectivity index is 2.10. The van der Waals surface area contributed by atoms with Crippen LogP contribution in [0.3, 0.4) is 0 Å². The zero-order valence-corrected chi connectivity index (χ0v) is 14.8. The number of hydrogen-bond acceptors (Lipinski definition) is 5. The number of hydrogen-bond donors (Lipinski definition) is 0. The lowest BCUT2D eigenvalue weighted by Gasteiger charge is -2.33. The third-order valence-corrected chi connectivity index (χ3v) is 4.68. The number of carbonyl (C=O) groups excluding carboxylic acids is 1. The number of rotatable bonds is 1. The number of aryl methyl sites for hydroxylation is 1. The zero-order chi connectivity index (χ0) is 17.2. The lowest BCUT2D eigenvalue weighted by molar-refractivity contribution is -0.126. The highest BCUT2D eigenvalue weighted by molar-refractivity contribution is 6.63. The van der Waals surface area contributed by atoms with Gasteiger partial charge in [0.15, 0.2) is 0 Å². The molecule has 0 bridgehead atoms. The second-order valence-corrected chi connectivity index (χ2v) is 7.71. The maximum atomic E-state index is 12.3. The van der Waals surface area contributed by atoms with Gasteiger partial charge in [-0.15, -0.1) is 0 Å². The molecule has 2 aliphatic heterocycles. The first kappa shape index (κ1) is 16.3. The number of esters is 1. The summed E-state index contributed by atoms with van der Waals surface area (Å²) in [6.45, 7) is 13.3. The molecule has 1 aromatic rings. The Bertz CT molecular complexity index is 662. The van der Waals surface area contributed by atoms with Crippen molar-refractivity contribution >= 4 is 18.6 Å². The summed E-state index contributed by atoms with van der Waals surface area (Å²) >= 11 is 0. The topological polar surface area (TPSA) is 54.0 Å². The van der Waals surface area contributed by atoms with Crippen LogP contribution < -0.4 is 10.2 Å². The summed E-state index contributed by atoms with van der Waals surface area (Å²) < 4.78 is 23.5. The van der Waals surface area contributed by atoms with Gasteiger partial charge in [0.05, 0.1) is 11.2 Å². The fourth-order valence-corrected chi connectivity index (χ4v) is 2.76. The van der Waals surface area contributed by atoms with E-state index >= 15 is 0 Å². The molecule has 0 N–H and O–H groups in total.